The molecule has 0 aromatic heterocycles. The highest BCUT2D eigenvalue weighted by Crippen LogP contribution is 2.33. The van der Waals surface area contributed by atoms with Gasteiger partial charge in [-0.1, -0.05) is 35.3 Å². The molecule has 0 fully saturated rings. The summed E-state index contributed by atoms with van der Waals surface area (Å²) in [7, 11) is 1.49. The summed E-state index contributed by atoms with van der Waals surface area (Å²) < 4.78 is 18.1. The first-order valence-corrected chi connectivity index (χ1v) is 6.25. The van der Waals surface area contributed by atoms with E-state index >= 15 is 0 Å². The van der Waals surface area contributed by atoms with Crippen LogP contribution in [0.2, 0.25) is 10.0 Å². The van der Waals surface area contributed by atoms with E-state index in [0.717, 1.165) is 6.07 Å². The quantitative estimate of drug-likeness (QED) is 0.919. The minimum absolute atomic E-state index is 0.168. The first kappa shape index (κ1) is 14.1. The molecule has 1 N–H and O–H groups in total. The van der Waals surface area contributed by atoms with E-state index in [4.69, 9.17) is 27.9 Å². The molecule has 2 nitrogen and oxygen atoms in total. The highest BCUT2D eigenvalue weighted by atomic mass is 35.5. The van der Waals surface area contributed by atoms with Crippen LogP contribution in [0.1, 0.15) is 17.2 Å². The summed E-state index contributed by atoms with van der Waals surface area (Å²) in [5, 5.41) is 10.9. The lowest BCUT2D eigenvalue weighted by molar-refractivity contribution is 0.220. The molecule has 1 atom stereocenters. The van der Waals surface area contributed by atoms with Crippen molar-refractivity contribution in [3.8, 4) is 5.75 Å². The predicted molar refractivity (Wildman–Crippen MR) is 73.5 cm³/mol. The largest absolute Gasteiger partial charge is 0.495 e. The molecule has 100 valence electrons. The van der Waals surface area contributed by atoms with E-state index in [1.807, 2.05) is 0 Å². The smallest absolute Gasteiger partial charge is 0.137 e. The Kier molecular flexibility index (Phi) is 4.30. The normalized spacial score (nSPS) is 12.3. The Bertz CT molecular complexity index is 602. The fraction of sp³-hybridized carbons (Fsp3) is 0.143. The van der Waals surface area contributed by atoms with Gasteiger partial charge >= 0.3 is 0 Å². The maximum atomic E-state index is 13.0. The first-order valence-electron chi connectivity index (χ1n) is 5.49. The zero-order valence-electron chi connectivity index (χ0n) is 10.0. The molecule has 2 aromatic rings. The highest BCUT2D eigenvalue weighted by Gasteiger charge is 2.16. The van der Waals surface area contributed by atoms with Crippen LogP contribution < -0.4 is 4.74 Å². The van der Waals surface area contributed by atoms with Crippen molar-refractivity contribution in [2.24, 2.45) is 0 Å². The maximum absolute atomic E-state index is 13.0. The second kappa shape index (κ2) is 5.78. The summed E-state index contributed by atoms with van der Waals surface area (Å²) in [5.41, 5.74) is 0.988. The molecule has 2 rings (SSSR count). The summed E-state index contributed by atoms with van der Waals surface area (Å²) in [5.74, 6) is 0.00564. The summed E-state index contributed by atoms with van der Waals surface area (Å²) in [6.07, 6.45) is -0.973. The Morgan fingerprint density at radius 3 is 2.47 bits per heavy atom. The number of ether oxygens (including phenoxy) is 1. The van der Waals surface area contributed by atoms with E-state index in [1.54, 1.807) is 18.2 Å². The van der Waals surface area contributed by atoms with Crippen molar-refractivity contribution < 1.29 is 14.2 Å². The lowest BCUT2D eigenvalue weighted by Gasteiger charge is -2.14. The van der Waals surface area contributed by atoms with Gasteiger partial charge in [0, 0.05) is 10.6 Å². The van der Waals surface area contributed by atoms with Crippen LogP contribution in [0.4, 0.5) is 4.39 Å². The van der Waals surface area contributed by atoms with Crippen LogP contribution in [0, 0.1) is 5.82 Å². The van der Waals surface area contributed by atoms with E-state index in [-0.39, 0.29) is 5.02 Å². The van der Waals surface area contributed by atoms with Crippen LogP contribution in [-0.4, -0.2) is 12.2 Å². The van der Waals surface area contributed by atoms with Gasteiger partial charge in [-0.3, -0.25) is 0 Å². The Labute approximate surface area is 120 Å². The number of methoxy groups -OCH3 is 1. The second-order valence-corrected chi connectivity index (χ2v) is 4.78. The van der Waals surface area contributed by atoms with Crippen LogP contribution in [0.3, 0.4) is 0 Å². The number of aliphatic hydroxyl groups is 1. The van der Waals surface area contributed by atoms with Crippen molar-refractivity contribution in [2.45, 2.75) is 6.10 Å². The predicted octanol–water partition coefficient (Wildman–Crippen LogP) is 4.22. The topological polar surface area (TPSA) is 29.5 Å². The minimum Gasteiger partial charge on any atom is -0.495 e. The van der Waals surface area contributed by atoms with Gasteiger partial charge in [-0.25, -0.2) is 4.39 Å². The van der Waals surface area contributed by atoms with Crippen molar-refractivity contribution >= 4 is 23.2 Å². The number of aliphatic hydroxyl groups excluding tert-OH is 1. The van der Waals surface area contributed by atoms with Crippen molar-refractivity contribution in [3.63, 3.8) is 0 Å². The van der Waals surface area contributed by atoms with E-state index in [1.165, 1.54) is 19.2 Å². The molecule has 2 aromatic carbocycles. The number of halogens is 3. The van der Waals surface area contributed by atoms with Crippen molar-refractivity contribution in [2.75, 3.05) is 7.11 Å². The maximum Gasteiger partial charge on any atom is 0.137 e. The zero-order valence-corrected chi connectivity index (χ0v) is 11.5. The minimum atomic E-state index is -0.973. The highest BCUT2D eigenvalue weighted by molar-refractivity contribution is 6.32. The van der Waals surface area contributed by atoms with Gasteiger partial charge in [-0.05, 0) is 29.8 Å². The number of hydrogen-bond acceptors (Lipinski definition) is 2. The lowest BCUT2D eigenvalue weighted by atomic mass is 10.0. The fourth-order valence-electron chi connectivity index (χ4n) is 1.75. The first-order chi connectivity index (χ1) is 9.02. The van der Waals surface area contributed by atoms with Crippen molar-refractivity contribution in [1.82, 2.24) is 0 Å². The second-order valence-electron chi connectivity index (χ2n) is 3.96. The Hall–Kier alpha value is -1.29. The fourth-order valence-corrected chi connectivity index (χ4v) is 2.21. The van der Waals surface area contributed by atoms with Gasteiger partial charge in [0.15, 0.2) is 0 Å². The molecule has 0 saturated heterocycles. The average molecular weight is 301 g/mol. The van der Waals surface area contributed by atoms with Gasteiger partial charge < -0.3 is 9.84 Å². The molecule has 0 radical (unpaired) electrons. The van der Waals surface area contributed by atoms with Gasteiger partial charge in [0.05, 0.1) is 12.1 Å². The van der Waals surface area contributed by atoms with Crippen LogP contribution in [0.5, 0.6) is 5.75 Å². The molecule has 0 heterocycles. The Morgan fingerprint density at radius 2 is 1.84 bits per heavy atom. The standard InChI is InChI=1S/C14H11Cl2FO2/c1-19-13-6-8(2-5-11(13)15)14(18)10-4-3-9(17)7-12(10)16/h2-7,14,18H,1H3. The molecule has 5 heteroatoms. The number of rotatable bonds is 3. The summed E-state index contributed by atoms with van der Waals surface area (Å²) in [4.78, 5) is 0. The molecule has 0 aliphatic rings. The van der Waals surface area contributed by atoms with Crippen LogP contribution in [0.25, 0.3) is 0 Å². The van der Waals surface area contributed by atoms with Crippen molar-refractivity contribution in [1.29, 1.82) is 0 Å². The third kappa shape index (κ3) is 3.00. The van der Waals surface area contributed by atoms with Gasteiger partial charge in [-0.15, -0.1) is 0 Å². The van der Waals surface area contributed by atoms with E-state index in [2.05, 4.69) is 0 Å². The van der Waals surface area contributed by atoms with Crippen LogP contribution in [-0.2, 0) is 0 Å². The molecule has 0 amide bonds. The van der Waals surface area contributed by atoms with Gasteiger partial charge in [0.25, 0.3) is 0 Å². The monoisotopic (exact) mass is 300 g/mol. The molecule has 0 aliphatic heterocycles. The Balaban J connectivity index is 2.40. The molecule has 0 saturated carbocycles. The SMILES string of the molecule is COc1cc(C(O)c2ccc(F)cc2Cl)ccc1Cl. The van der Waals surface area contributed by atoms with Gasteiger partial charge in [-0.2, -0.15) is 0 Å². The molecule has 19 heavy (non-hydrogen) atoms. The Morgan fingerprint density at radius 1 is 1.11 bits per heavy atom. The van der Waals surface area contributed by atoms with Gasteiger partial charge in [0.1, 0.15) is 17.7 Å². The number of benzene rings is 2. The summed E-state index contributed by atoms with van der Waals surface area (Å²) in [6, 6.07) is 8.76. The molecular formula is C14H11Cl2FO2. The van der Waals surface area contributed by atoms with E-state index < -0.39 is 11.9 Å². The molecule has 0 spiro atoms. The number of hydrogen-bond donors (Lipinski definition) is 1. The van der Waals surface area contributed by atoms with E-state index in [0.29, 0.717) is 21.9 Å². The third-order valence-corrected chi connectivity index (χ3v) is 3.39. The zero-order chi connectivity index (χ0) is 14.0. The van der Waals surface area contributed by atoms with E-state index in [9.17, 15) is 9.50 Å². The van der Waals surface area contributed by atoms with Crippen LogP contribution >= 0.6 is 23.2 Å². The molecule has 0 aliphatic carbocycles. The van der Waals surface area contributed by atoms with Crippen LogP contribution in [0.15, 0.2) is 36.4 Å². The van der Waals surface area contributed by atoms with Crippen molar-refractivity contribution in [3.05, 3.63) is 63.4 Å². The molecule has 1 unspecified atom stereocenters. The molecular weight excluding hydrogens is 290 g/mol. The average Bonchev–Trinajstić information content (AvgIpc) is 2.38. The lowest BCUT2D eigenvalue weighted by Crippen LogP contribution is -2.01. The summed E-state index contributed by atoms with van der Waals surface area (Å²) >= 11 is 11.8. The van der Waals surface area contributed by atoms with Gasteiger partial charge in [0.2, 0.25) is 0 Å². The summed E-state index contributed by atoms with van der Waals surface area (Å²) in [6.45, 7) is 0. The third-order valence-electron chi connectivity index (χ3n) is 2.75. The molecule has 0 bridgehead atoms.